The van der Waals surface area contributed by atoms with Gasteiger partial charge in [0, 0.05) is 0 Å². The van der Waals surface area contributed by atoms with Crippen LogP contribution in [0.25, 0.3) is 11.1 Å². The van der Waals surface area contributed by atoms with Gasteiger partial charge in [-0.2, -0.15) is 0 Å². The molecule has 0 atom stereocenters. The first-order valence-corrected chi connectivity index (χ1v) is 7.22. The molecule has 122 valence electrons. The van der Waals surface area contributed by atoms with E-state index in [0.717, 1.165) is 11.1 Å². The van der Waals surface area contributed by atoms with Crippen molar-refractivity contribution in [1.29, 1.82) is 0 Å². The van der Waals surface area contributed by atoms with Gasteiger partial charge in [-0.3, -0.25) is 0 Å². The van der Waals surface area contributed by atoms with Crippen LogP contribution >= 0.6 is 0 Å². The quantitative estimate of drug-likeness (QED) is 0.763. The third kappa shape index (κ3) is 3.56. The molecule has 2 aromatic rings. The molecule has 0 fully saturated rings. The number of methoxy groups -OCH3 is 3. The first-order valence-electron chi connectivity index (χ1n) is 7.22. The number of carbonyl (C=O) groups is 1. The molecule has 0 saturated heterocycles. The van der Waals surface area contributed by atoms with Crippen molar-refractivity contribution in [2.75, 3.05) is 27.9 Å². The maximum Gasteiger partial charge on any atom is 0.338 e. The van der Waals surface area contributed by atoms with Gasteiger partial charge in [-0.1, -0.05) is 12.1 Å². The highest BCUT2D eigenvalue weighted by molar-refractivity contribution is 5.91. The fourth-order valence-electron chi connectivity index (χ4n) is 2.29. The predicted octanol–water partition coefficient (Wildman–Crippen LogP) is 3.56. The molecule has 0 radical (unpaired) electrons. The van der Waals surface area contributed by atoms with Crippen LogP contribution in [-0.2, 0) is 4.74 Å². The second kappa shape index (κ2) is 7.54. The molecule has 0 bridgehead atoms. The highest BCUT2D eigenvalue weighted by atomic mass is 16.5. The summed E-state index contributed by atoms with van der Waals surface area (Å²) in [5.41, 5.74) is 2.21. The Bertz CT molecular complexity index is 669. The van der Waals surface area contributed by atoms with Crippen molar-refractivity contribution in [3.05, 3.63) is 42.0 Å². The molecule has 2 aromatic carbocycles. The molecule has 0 saturated carbocycles. The Kier molecular flexibility index (Phi) is 5.46. The van der Waals surface area contributed by atoms with Gasteiger partial charge in [0.15, 0.2) is 11.5 Å². The lowest BCUT2D eigenvalue weighted by Crippen LogP contribution is -2.04. The van der Waals surface area contributed by atoms with Crippen molar-refractivity contribution in [3.8, 4) is 28.4 Å². The van der Waals surface area contributed by atoms with Gasteiger partial charge in [-0.15, -0.1) is 0 Å². The van der Waals surface area contributed by atoms with E-state index >= 15 is 0 Å². The summed E-state index contributed by atoms with van der Waals surface area (Å²) in [4.78, 5) is 11.9. The van der Waals surface area contributed by atoms with Crippen LogP contribution in [0.5, 0.6) is 17.2 Å². The fraction of sp³-hybridized carbons (Fsp3) is 0.278. The van der Waals surface area contributed by atoms with Crippen LogP contribution in [0.15, 0.2) is 36.4 Å². The Morgan fingerprint density at radius 2 is 1.57 bits per heavy atom. The summed E-state index contributed by atoms with van der Waals surface area (Å²) in [7, 11) is 4.69. The summed E-state index contributed by atoms with van der Waals surface area (Å²) < 4.78 is 21.1. The van der Waals surface area contributed by atoms with E-state index in [0.29, 0.717) is 29.4 Å². The highest BCUT2D eigenvalue weighted by Crippen LogP contribution is 2.41. The summed E-state index contributed by atoms with van der Waals surface area (Å²) in [6.07, 6.45) is 0. The monoisotopic (exact) mass is 316 g/mol. The van der Waals surface area contributed by atoms with E-state index in [1.165, 1.54) is 0 Å². The van der Waals surface area contributed by atoms with E-state index in [4.69, 9.17) is 18.9 Å². The second-order valence-electron chi connectivity index (χ2n) is 4.72. The SMILES string of the molecule is CCOC(=O)c1cccc(-c2cc(OC)c(OC)c(OC)c2)c1. The molecule has 0 heterocycles. The molecule has 0 aliphatic carbocycles. The zero-order valence-electron chi connectivity index (χ0n) is 13.7. The van der Waals surface area contributed by atoms with Crippen LogP contribution in [0.2, 0.25) is 0 Å². The Morgan fingerprint density at radius 3 is 2.09 bits per heavy atom. The van der Waals surface area contributed by atoms with Crippen LogP contribution in [0, 0.1) is 0 Å². The smallest absolute Gasteiger partial charge is 0.338 e. The maximum atomic E-state index is 11.9. The standard InChI is InChI=1S/C18H20O5/c1-5-23-18(19)13-8-6-7-12(9-13)14-10-15(20-2)17(22-4)16(11-14)21-3/h6-11H,5H2,1-4H3. The average molecular weight is 316 g/mol. The molecular formula is C18H20O5. The third-order valence-corrected chi connectivity index (χ3v) is 3.37. The average Bonchev–Trinajstić information content (AvgIpc) is 2.60. The van der Waals surface area contributed by atoms with Crippen LogP contribution < -0.4 is 14.2 Å². The first kappa shape index (κ1) is 16.7. The molecule has 23 heavy (non-hydrogen) atoms. The molecule has 0 aliphatic heterocycles. The number of esters is 1. The Hall–Kier alpha value is -2.69. The summed E-state index contributed by atoms with van der Waals surface area (Å²) in [6, 6.07) is 10.9. The maximum absolute atomic E-state index is 11.9. The molecule has 5 heteroatoms. The molecule has 0 aliphatic rings. The van der Waals surface area contributed by atoms with Crippen LogP contribution in [0.3, 0.4) is 0 Å². The summed E-state index contributed by atoms with van der Waals surface area (Å²) in [5.74, 6) is 1.30. The van der Waals surface area contributed by atoms with Crippen molar-refractivity contribution in [1.82, 2.24) is 0 Å². The largest absolute Gasteiger partial charge is 0.493 e. The lowest BCUT2D eigenvalue weighted by molar-refractivity contribution is 0.0526. The van der Waals surface area contributed by atoms with Crippen molar-refractivity contribution >= 4 is 5.97 Å². The van der Waals surface area contributed by atoms with Gasteiger partial charge in [0.2, 0.25) is 5.75 Å². The van der Waals surface area contributed by atoms with Crippen molar-refractivity contribution < 1.29 is 23.7 Å². The normalized spacial score (nSPS) is 10.1. The molecular weight excluding hydrogens is 296 g/mol. The topological polar surface area (TPSA) is 54.0 Å². The highest BCUT2D eigenvalue weighted by Gasteiger charge is 2.15. The summed E-state index contributed by atoms with van der Waals surface area (Å²) >= 11 is 0. The van der Waals surface area contributed by atoms with Crippen LogP contribution in [0.4, 0.5) is 0 Å². The lowest BCUT2D eigenvalue weighted by Gasteiger charge is -2.14. The van der Waals surface area contributed by atoms with E-state index in [2.05, 4.69) is 0 Å². The van der Waals surface area contributed by atoms with Crippen LogP contribution in [-0.4, -0.2) is 33.9 Å². The Balaban J connectivity index is 2.50. The minimum absolute atomic E-state index is 0.341. The van der Waals surface area contributed by atoms with Crippen molar-refractivity contribution in [3.63, 3.8) is 0 Å². The van der Waals surface area contributed by atoms with Gasteiger partial charge in [0.05, 0.1) is 33.5 Å². The van der Waals surface area contributed by atoms with E-state index in [-0.39, 0.29) is 5.97 Å². The summed E-state index contributed by atoms with van der Waals surface area (Å²) in [5, 5.41) is 0. The van der Waals surface area contributed by atoms with Gasteiger partial charge in [-0.05, 0) is 42.3 Å². The molecule has 0 amide bonds. The predicted molar refractivity (Wildman–Crippen MR) is 87.5 cm³/mol. The third-order valence-electron chi connectivity index (χ3n) is 3.37. The molecule has 0 spiro atoms. The van der Waals surface area contributed by atoms with E-state index in [1.807, 2.05) is 24.3 Å². The van der Waals surface area contributed by atoms with Gasteiger partial charge in [-0.25, -0.2) is 4.79 Å². The minimum atomic E-state index is -0.346. The second-order valence-corrected chi connectivity index (χ2v) is 4.72. The summed E-state index contributed by atoms with van der Waals surface area (Å²) in [6.45, 7) is 2.12. The van der Waals surface area contributed by atoms with Crippen molar-refractivity contribution in [2.45, 2.75) is 6.92 Å². The minimum Gasteiger partial charge on any atom is -0.493 e. The molecule has 0 unspecified atom stereocenters. The zero-order chi connectivity index (χ0) is 16.8. The van der Waals surface area contributed by atoms with Gasteiger partial charge < -0.3 is 18.9 Å². The molecule has 5 nitrogen and oxygen atoms in total. The number of benzene rings is 2. The van der Waals surface area contributed by atoms with E-state index in [1.54, 1.807) is 40.4 Å². The Morgan fingerprint density at radius 1 is 0.913 bits per heavy atom. The number of hydrogen-bond acceptors (Lipinski definition) is 5. The van der Waals surface area contributed by atoms with Gasteiger partial charge in [0.1, 0.15) is 0 Å². The number of rotatable bonds is 6. The molecule has 2 rings (SSSR count). The van der Waals surface area contributed by atoms with Gasteiger partial charge in [0.25, 0.3) is 0 Å². The number of carbonyl (C=O) groups excluding carboxylic acids is 1. The number of hydrogen-bond donors (Lipinski definition) is 0. The molecule has 0 aromatic heterocycles. The molecule has 0 N–H and O–H groups in total. The fourth-order valence-corrected chi connectivity index (χ4v) is 2.29. The van der Waals surface area contributed by atoms with E-state index in [9.17, 15) is 4.79 Å². The number of ether oxygens (including phenoxy) is 4. The first-order chi connectivity index (χ1) is 11.1. The lowest BCUT2D eigenvalue weighted by atomic mass is 10.0. The van der Waals surface area contributed by atoms with E-state index < -0.39 is 0 Å². The van der Waals surface area contributed by atoms with Crippen molar-refractivity contribution in [2.24, 2.45) is 0 Å². The van der Waals surface area contributed by atoms with Crippen LogP contribution in [0.1, 0.15) is 17.3 Å². The Labute approximate surface area is 135 Å². The zero-order valence-corrected chi connectivity index (χ0v) is 13.7. The van der Waals surface area contributed by atoms with Gasteiger partial charge >= 0.3 is 5.97 Å².